The number of hydrogen-bond donors (Lipinski definition) is 1. The van der Waals surface area contributed by atoms with Crippen molar-refractivity contribution in [3.63, 3.8) is 0 Å². The van der Waals surface area contributed by atoms with Crippen LogP contribution in [0, 0.1) is 0 Å². The van der Waals surface area contributed by atoms with Gasteiger partial charge in [-0.05, 0) is 12.5 Å². The van der Waals surface area contributed by atoms with Gasteiger partial charge in [0, 0.05) is 25.7 Å². The van der Waals surface area contributed by atoms with Crippen LogP contribution in [0.5, 0.6) is 0 Å². The summed E-state index contributed by atoms with van der Waals surface area (Å²) in [5, 5.41) is 3.45. The summed E-state index contributed by atoms with van der Waals surface area (Å²) in [6.07, 6.45) is 0. The molecule has 0 spiro atoms. The van der Waals surface area contributed by atoms with Crippen LogP contribution in [0.2, 0.25) is 0 Å². The number of hydrogen-bond acceptors (Lipinski definition) is 4. The van der Waals surface area contributed by atoms with E-state index in [0.29, 0.717) is 37.8 Å². The number of nitrogens with one attached hydrogen (secondary N) is 1. The van der Waals surface area contributed by atoms with Crippen LogP contribution in [-0.4, -0.2) is 43.7 Å². The molecule has 2 heterocycles. The zero-order chi connectivity index (χ0) is 14.7. The van der Waals surface area contributed by atoms with Crippen LogP contribution in [0.3, 0.4) is 0 Å². The minimum Gasteiger partial charge on any atom is -0.491 e. The lowest BCUT2D eigenvalue weighted by atomic mass is 10.0. The maximum Gasteiger partial charge on any atom is 0.292 e. The first-order valence-corrected chi connectivity index (χ1v) is 7.30. The molecule has 0 aromatic heterocycles. The van der Waals surface area contributed by atoms with Gasteiger partial charge in [-0.25, -0.2) is 0 Å². The molecule has 1 atom stereocenters. The quantitative estimate of drug-likeness (QED) is 0.894. The highest BCUT2D eigenvalue weighted by atomic mass is 16.6. The lowest BCUT2D eigenvalue weighted by Gasteiger charge is -2.35. The lowest BCUT2D eigenvalue weighted by molar-refractivity contribution is -0.134. The molecule has 1 aromatic rings. The molecule has 0 bridgehead atoms. The van der Waals surface area contributed by atoms with Crippen LogP contribution in [0.4, 0.5) is 0 Å². The van der Waals surface area contributed by atoms with Gasteiger partial charge in [-0.1, -0.05) is 30.3 Å². The van der Waals surface area contributed by atoms with Crippen molar-refractivity contribution in [1.82, 2.24) is 10.2 Å². The molecule has 0 aliphatic carbocycles. The molecule has 1 fully saturated rings. The zero-order valence-electron chi connectivity index (χ0n) is 12.2. The molecule has 2 aliphatic heterocycles. The molecule has 3 rings (SSSR count). The van der Waals surface area contributed by atoms with Gasteiger partial charge in [0.25, 0.3) is 5.91 Å². The van der Waals surface area contributed by atoms with E-state index < -0.39 is 0 Å². The van der Waals surface area contributed by atoms with E-state index in [1.165, 1.54) is 5.56 Å². The third-order valence-electron chi connectivity index (χ3n) is 3.83. The lowest BCUT2D eigenvalue weighted by Crippen LogP contribution is -2.49. The Morgan fingerprint density at radius 3 is 2.76 bits per heavy atom. The van der Waals surface area contributed by atoms with Crippen molar-refractivity contribution in [2.45, 2.75) is 13.0 Å². The molecule has 1 N–H and O–H groups in total. The third kappa shape index (κ3) is 3.03. The fraction of sp³-hybridized carbons (Fsp3) is 0.438. The molecule has 1 saturated heterocycles. The second-order valence-electron chi connectivity index (χ2n) is 5.25. The molecule has 5 nitrogen and oxygen atoms in total. The van der Waals surface area contributed by atoms with Gasteiger partial charge >= 0.3 is 0 Å². The van der Waals surface area contributed by atoms with E-state index in [-0.39, 0.29) is 11.9 Å². The fourth-order valence-corrected chi connectivity index (χ4v) is 2.70. The van der Waals surface area contributed by atoms with E-state index in [1.54, 1.807) is 6.92 Å². The fourth-order valence-electron chi connectivity index (χ4n) is 2.70. The average Bonchev–Trinajstić information content (AvgIpc) is 2.56. The van der Waals surface area contributed by atoms with Crippen molar-refractivity contribution in [3.05, 3.63) is 47.4 Å². The molecular weight excluding hydrogens is 268 g/mol. The van der Waals surface area contributed by atoms with E-state index in [4.69, 9.17) is 9.47 Å². The Morgan fingerprint density at radius 1 is 1.24 bits per heavy atom. The number of ether oxygens (including phenoxy) is 2. The highest BCUT2D eigenvalue weighted by Gasteiger charge is 2.29. The van der Waals surface area contributed by atoms with Crippen molar-refractivity contribution < 1.29 is 14.3 Å². The Kier molecular flexibility index (Phi) is 4.10. The van der Waals surface area contributed by atoms with Crippen LogP contribution in [-0.2, 0) is 14.3 Å². The van der Waals surface area contributed by atoms with Crippen molar-refractivity contribution in [2.75, 3.05) is 32.8 Å². The second-order valence-corrected chi connectivity index (χ2v) is 5.25. The second kappa shape index (κ2) is 6.18. The molecule has 21 heavy (non-hydrogen) atoms. The predicted molar refractivity (Wildman–Crippen MR) is 78.4 cm³/mol. The summed E-state index contributed by atoms with van der Waals surface area (Å²) in [6.45, 7) is 4.83. The van der Waals surface area contributed by atoms with E-state index in [2.05, 4.69) is 17.4 Å². The molecule has 112 valence electrons. The van der Waals surface area contributed by atoms with Crippen LogP contribution in [0.1, 0.15) is 18.5 Å². The summed E-state index contributed by atoms with van der Waals surface area (Å²) in [4.78, 5) is 14.4. The van der Waals surface area contributed by atoms with Crippen LogP contribution < -0.4 is 5.32 Å². The van der Waals surface area contributed by atoms with Crippen LogP contribution in [0.15, 0.2) is 41.9 Å². The van der Waals surface area contributed by atoms with Crippen molar-refractivity contribution in [3.8, 4) is 0 Å². The van der Waals surface area contributed by atoms with Crippen molar-refractivity contribution in [1.29, 1.82) is 0 Å². The average molecular weight is 288 g/mol. The van der Waals surface area contributed by atoms with Gasteiger partial charge in [-0.2, -0.15) is 0 Å². The van der Waals surface area contributed by atoms with E-state index >= 15 is 0 Å². The van der Waals surface area contributed by atoms with Gasteiger partial charge in [0.1, 0.15) is 19.0 Å². The molecular formula is C16H20N2O3. The number of carbonyl (C=O) groups excluding carboxylic acids is 1. The molecule has 1 aromatic carbocycles. The summed E-state index contributed by atoms with van der Waals surface area (Å²) in [6, 6.07) is 10.4. The summed E-state index contributed by atoms with van der Waals surface area (Å²) in [7, 11) is 0. The van der Waals surface area contributed by atoms with Gasteiger partial charge in [0.15, 0.2) is 0 Å². The topological polar surface area (TPSA) is 50.8 Å². The molecule has 0 saturated carbocycles. The van der Waals surface area contributed by atoms with Gasteiger partial charge in [-0.3, -0.25) is 4.79 Å². The third-order valence-corrected chi connectivity index (χ3v) is 3.83. The summed E-state index contributed by atoms with van der Waals surface area (Å²) < 4.78 is 10.9. The van der Waals surface area contributed by atoms with E-state index in [9.17, 15) is 4.79 Å². The minimum atomic E-state index is -0.0744. The van der Waals surface area contributed by atoms with E-state index in [0.717, 1.165) is 6.54 Å². The Bertz CT molecular complexity index is 542. The summed E-state index contributed by atoms with van der Waals surface area (Å²) in [5.41, 5.74) is 1.20. The molecule has 1 unspecified atom stereocenters. The molecule has 1 amide bonds. The Hall–Kier alpha value is -2.01. The minimum absolute atomic E-state index is 0.0744. The smallest absolute Gasteiger partial charge is 0.292 e. The van der Waals surface area contributed by atoms with E-state index in [1.807, 2.05) is 23.1 Å². The Labute approximate surface area is 124 Å². The number of allylic oxidation sites excluding steroid dienone is 1. The monoisotopic (exact) mass is 288 g/mol. The zero-order valence-corrected chi connectivity index (χ0v) is 12.2. The molecule has 0 radical (unpaired) electrons. The molecule has 5 heteroatoms. The molecule has 2 aliphatic rings. The number of nitrogens with zero attached hydrogens (tertiary/aromatic N) is 1. The van der Waals surface area contributed by atoms with Gasteiger partial charge < -0.3 is 19.7 Å². The highest BCUT2D eigenvalue weighted by molar-refractivity contribution is 5.92. The first-order chi connectivity index (χ1) is 10.3. The van der Waals surface area contributed by atoms with Gasteiger partial charge in [-0.15, -0.1) is 0 Å². The maximum absolute atomic E-state index is 12.6. The van der Waals surface area contributed by atoms with Crippen LogP contribution in [0.25, 0.3) is 0 Å². The Morgan fingerprint density at radius 2 is 2.00 bits per heavy atom. The standard InChI is InChI=1S/C16H20N2O3/c1-12-15(21-10-9-20-12)16(19)18-8-7-17-14(11-18)13-5-3-2-4-6-13/h2-6,14,17H,7-11H2,1H3. The SMILES string of the molecule is CC1=C(C(=O)N2CCNC(c3ccccc3)C2)OCCO1. The highest BCUT2D eigenvalue weighted by Crippen LogP contribution is 2.21. The van der Waals surface area contributed by atoms with Gasteiger partial charge in [0.05, 0.1) is 0 Å². The number of benzene rings is 1. The number of carbonyl (C=O) groups is 1. The summed E-state index contributed by atoms with van der Waals surface area (Å²) >= 11 is 0. The number of amides is 1. The number of rotatable bonds is 2. The van der Waals surface area contributed by atoms with Crippen LogP contribution >= 0.6 is 0 Å². The number of piperazine rings is 1. The first kappa shape index (κ1) is 13.9. The predicted octanol–water partition coefficient (Wildman–Crippen LogP) is 1.44. The largest absolute Gasteiger partial charge is 0.491 e. The summed E-state index contributed by atoms with van der Waals surface area (Å²) in [5.74, 6) is 0.866. The van der Waals surface area contributed by atoms with Crippen molar-refractivity contribution in [2.24, 2.45) is 0 Å². The van der Waals surface area contributed by atoms with Gasteiger partial charge in [0.2, 0.25) is 5.76 Å². The normalized spacial score (nSPS) is 22.5. The Balaban J connectivity index is 1.73. The van der Waals surface area contributed by atoms with Crippen molar-refractivity contribution >= 4 is 5.91 Å². The first-order valence-electron chi connectivity index (χ1n) is 7.30. The maximum atomic E-state index is 12.6.